The number of Topliss-reactive ketones (excluding diaryl/α,β-unsaturated/α-hetero) is 2. The van der Waals surface area contributed by atoms with Crippen molar-refractivity contribution in [2.75, 3.05) is 0 Å². The molecule has 1 aliphatic carbocycles. The third-order valence-corrected chi connectivity index (χ3v) is 9.83. The molecule has 2 aromatic carbocycles. The van der Waals surface area contributed by atoms with Crippen LogP contribution in [0.15, 0.2) is 89.1 Å². The highest BCUT2D eigenvalue weighted by molar-refractivity contribution is 5.81. The molecule has 3 atom stereocenters. The van der Waals surface area contributed by atoms with E-state index in [2.05, 4.69) is 56.8 Å². The Hall–Kier alpha value is -4.06. The van der Waals surface area contributed by atoms with Crippen LogP contribution in [0.4, 0.5) is 8.78 Å². The van der Waals surface area contributed by atoms with Crippen LogP contribution in [0.5, 0.6) is 0 Å². The number of rotatable bonds is 17. The molecule has 0 spiro atoms. The summed E-state index contributed by atoms with van der Waals surface area (Å²) < 4.78 is 26.5. The predicted molar refractivity (Wildman–Crippen MR) is 191 cm³/mol. The zero-order chi connectivity index (χ0) is 34.5. The fourth-order valence-electron chi connectivity index (χ4n) is 6.70. The van der Waals surface area contributed by atoms with Gasteiger partial charge in [-0.25, -0.2) is 8.78 Å². The van der Waals surface area contributed by atoms with Gasteiger partial charge in [0.1, 0.15) is 23.2 Å². The van der Waals surface area contributed by atoms with Gasteiger partial charge in [-0.3, -0.25) is 19.6 Å². The van der Waals surface area contributed by atoms with E-state index < -0.39 is 0 Å². The van der Waals surface area contributed by atoms with Gasteiger partial charge in [0.05, 0.1) is 0 Å². The maximum atomic E-state index is 13.3. The van der Waals surface area contributed by atoms with Crippen LogP contribution in [0, 0.1) is 23.5 Å². The van der Waals surface area contributed by atoms with E-state index in [1.807, 2.05) is 0 Å². The Balaban J connectivity index is 1.38. The fraction of sp³-hybridized carbons (Fsp3) is 0.429. The molecule has 1 aromatic heterocycles. The van der Waals surface area contributed by atoms with Gasteiger partial charge in [0.25, 0.3) is 0 Å². The third kappa shape index (κ3) is 11.0. The van der Waals surface area contributed by atoms with Gasteiger partial charge in [-0.2, -0.15) is 0 Å². The smallest absolute Gasteiger partial charge is 0.137 e. The quantitative estimate of drug-likeness (QED) is 0.108. The van der Waals surface area contributed by atoms with Crippen LogP contribution >= 0.6 is 0 Å². The molecule has 3 unspecified atom stereocenters. The first-order valence-electron chi connectivity index (χ1n) is 17.6. The van der Waals surface area contributed by atoms with Gasteiger partial charge in [-0.05, 0) is 111 Å². The Labute approximate surface area is 285 Å². The molecular weight excluding hydrogens is 602 g/mol. The largest absolute Gasteiger partial charge is 0.299 e. The summed E-state index contributed by atoms with van der Waals surface area (Å²) in [5.41, 5.74) is 7.18. The average Bonchev–Trinajstić information content (AvgIpc) is 3.10. The second-order valence-corrected chi connectivity index (χ2v) is 13.2. The van der Waals surface area contributed by atoms with Gasteiger partial charge in [0, 0.05) is 54.6 Å². The summed E-state index contributed by atoms with van der Waals surface area (Å²) in [5.74, 6) is 0.660. The van der Waals surface area contributed by atoms with E-state index >= 15 is 0 Å². The number of hydrogen-bond donors (Lipinski definition) is 0. The molecular formula is C42H50F2N2O2. The first-order valence-corrected chi connectivity index (χ1v) is 17.6. The number of benzene rings is 2. The summed E-state index contributed by atoms with van der Waals surface area (Å²) in [6.07, 6.45) is 13.1. The number of hydrogen-bond acceptors (Lipinski definition) is 4. The van der Waals surface area contributed by atoms with Gasteiger partial charge >= 0.3 is 0 Å². The van der Waals surface area contributed by atoms with Gasteiger partial charge in [-0.15, -0.1) is 0 Å². The van der Waals surface area contributed by atoms with E-state index in [1.54, 1.807) is 24.3 Å². The molecule has 1 fully saturated rings. The number of aryl methyl sites for hydroxylation is 2. The van der Waals surface area contributed by atoms with Crippen molar-refractivity contribution in [1.82, 2.24) is 4.98 Å². The molecule has 0 aliphatic heterocycles. The minimum Gasteiger partial charge on any atom is -0.299 e. The Morgan fingerprint density at radius 2 is 1.50 bits per heavy atom. The lowest BCUT2D eigenvalue weighted by molar-refractivity contribution is -0.119. The summed E-state index contributed by atoms with van der Waals surface area (Å²) in [6.45, 7) is 10.4. The standard InChI is InChI=1S/C42H50F2N2O2/c1-5-29(3)32(14-22-38(47)26-30-10-18-36(43)19-11-30)16-24-41(45-4)34-8-7-9-35(28-34)42-25-17-33(40(6-2)46-42)15-23-39(48)27-31-12-20-37(44)21-13-31/h10-13,16-21,24-25,29,34-35H,4-9,14-15,22-23,26-28H2,1-3H3. The number of carbonyl (C=O) groups excluding carboxylic acids is 2. The zero-order valence-corrected chi connectivity index (χ0v) is 28.8. The molecule has 4 rings (SSSR count). The van der Waals surface area contributed by atoms with E-state index in [0.29, 0.717) is 50.4 Å². The van der Waals surface area contributed by atoms with Crippen LogP contribution in [0.1, 0.15) is 106 Å². The second-order valence-electron chi connectivity index (χ2n) is 13.2. The summed E-state index contributed by atoms with van der Waals surface area (Å²) in [4.78, 5) is 35.0. The van der Waals surface area contributed by atoms with E-state index in [1.165, 1.54) is 29.8 Å². The molecule has 0 radical (unpaired) electrons. The van der Waals surface area contributed by atoms with Crippen molar-refractivity contribution in [3.8, 4) is 0 Å². The van der Waals surface area contributed by atoms with Crippen molar-refractivity contribution in [3.63, 3.8) is 0 Å². The van der Waals surface area contributed by atoms with Gasteiger partial charge in [0.15, 0.2) is 0 Å². The number of pyridine rings is 1. The number of halogens is 2. The summed E-state index contributed by atoms with van der Waals surface area (Å²) in [6, 6.07) is 16.6. The molecule has 4 nitrogen and oxygen atoms in total. The minimum atomic E-state index is -0.295. The summed E-state index contributed by atoms with van der Waals surface area (Å²) >= 11 is 0. The first-order chi connectivity index (χ1) is 23.2. The average molecular weight is 653 g/mol. The Kier molecular flexibility index (Phi) is 14.2. The van der Waals surface area contributed by atoms with E-state index in [0.717, 1.165) is 72.3 Å². The van der Waals surface area contributed by atoms with Crippen molar-refractivity contribution < 1.29 is 18.4 Å². The first kappa shape index (κ1) is 36.8. The topological polar surface area (TPSA) is 59.4 Å². The zero-order valence-electron chi connectivity index (χ0n) is 28.8. The van der Waals surface area contributed by atoms with Crippen molar-refractivity contribution in [2.24, 2.45) is 16.8 Å². The molecule has 1 heterocycles. The van der Waals surface area contributed by atoms with Crippen molar-refractivity contribution in [2.45, 2.75) is 104 Å². The normalized spacial score (nSPS) is 17.6. The van der Waals surface area contributed by atoms with E-state index in [-0.39, 0.29) is 29.1 Å². The monoisotopic (exact) mass is 652 g/mol. The van der Waals surface area contributed by atoms with Crippen LogP contribution < -0.4 is 0 Å². The van der Waals surface area contributed by atoms with Crippen molar-refractivity contribution in [3.05, 3.63) is 124 Å². The lowest BCUT2D eigenvalue weighted by Crippen LogP contribution is -2.17. The Morgan fingerprint density at radius 3 is 2.08 bits per heavy atom. The van der Waals surface area contributed by atoms with Crippen LogP contribution in [-0.2, 0) is 35.3 Å². The number of aliphatic imine (C=N–C) groups is 1. The number of nitrogens with zero attached hydrogens (tertiary/aromatic N) is 2. The number of ketones is 2. The van der Waals surface area contributed by atoms with Crippen molar-refractivity contribution in [1.29, 1.82) is 0 Å². The molecule has 254 valence electrons. The predicted octanol–water partition coefficient (Wildman–Crippen LogP) is 10.1. The molecule has 6 heteroatoms. The fourth-order valence-corrected chi connectivity index (χ4v) is 6.70. The molecule has 48 heavy (non-hydrogen) atoms. The molecule has 1 aliphatic rings. The summed E-state index contributed by atoms with van der Waals surface area (Å²) in [5, 5.41) is 0. The van der Waals surface area contributed by atoms with E-state index in [9.17, 15) is 18.4 Å². The van der Waals surface area contributed by atoms with Gasteiger partial charge in [0.2, 0.25) is 0 Å². The second kappa shape index (κ2) is 18.5. The molecule has 0 bridgehead atoms. The van der Waals surface area contributed by atoms with Crippen LogP contribution in [0.3, 0.4) is 0 Å². The van der Waals surface area contributed by atoms with Crippen molar-refractivity contribution >= 4 is 18.3 Å². The maximum absolute atomic E-state index is 13.3. The summed E-state index contributed by atoms with van der Waals surface area (Å²) in [7, 11) is 0. The van der Waals surface area contributed by atoms with Crippen LogP contribution in [0.25, 0.3) is 0 Å². The van der Waals surface area contributed by atoms with E-state index in [4.69, 9.17) is 4.98 Å². The molecule has 0 saturated heterocycles. The third-order valence-electron chi connectivity index (χ3n) is 9.83. The maximum Gasteiger partial charge on any atom is 0.137 e. The Morgan fingerprint density at radius 1 is 0.875 bits per heavy atom. The Bertz CT molecular complexity index is 1590. The number of aromatic nitrogens is 1. The molecule has 0 amide bonds. The van der Waals surface area contributed by atoms with Crippen LogP contribution in [-0.4, -0.2) is 23.3 Å². The molecule has 1 saturated carbocycles. The highest BCUT2D eigenvalue weighted by Crippen LogP contribution is 2.39. The van der Waals surface area contributed by atoms with Gasteiger partial charge in [-0.1, -0.05) is 69.2 Å². The van der Waals surface area contributed by atoms with Crippen LogP contribution in [0.2, 0.25) is 0 Å². The lowest BCUT2D eigenvalue weighted by Gasteiger charge is -2.29. The molecule has 0 N–H and O–H groups in total. The SMILES string of the molecule is C=NC(=CC=C(CCC(=O)Cc1ccc(F)cc1)C(C)CC)C1CCCC(c2ccc(CCC(=O)Cc3ccc(F)cc3)c(CC)n2)C1. The minimum absolute atomic E-state index is 0.140. The highest BCUT2D eigenvalue weighted by atomic mass is 19.1. The molecule has 3 aromatic rings. The number of allylic oxidation sites excluding steroid dienone is 4. The van der Waals surface area contributed by atoms with Gasteiger partial charge < -0.3 is 0 Å². The lowest BCUT2D eigenvalue weighted by atomic mass is 9.78. The highest BCUT2D eigenvalue weighted by Gasteiger charge is 2.27. The number of carbonyl (C=O) groups is 2.